The molecule has 0 aliphatic rings. The summed E-state index contributed by atoms with van der Waals surface area (Å²) in [5, 5.41) is 4.26. The van der Waals surface area contributed by atoms with Crippen LogP contribution < -0.4 is 5.32 Å². The molecular weight excluding hydrogens is 381 g/mol. The van der Waals surface area contributed by atoms with Gasteiger partial charge in [0.25, 0.3) is 5.91 Å². The van der Waals surface area contributed by atoms with Crippen molar-refractivity contribution in [2.45, 2.75) is 13.0 Å². The number of hydrogen-bond donors (Lipinski definition) is 1. The summed E-state index contributed by atoms with van der Waals surface area (Å²) in [6.45, 7) is 1.80. The Bertz CT molecular complexity index is 1180. The monoisotopic (exact) mass is 397 g/mol. The maximum atomic E-state index is 13.8. The fraction of sp³-hybridized carbons (Fsp3) is 0.143. The molecule has 0 fully saturated rings. The first-order chi connectivity index (χ1) is 13.4. The zero-order valence-corrected chi connectivity index (χ0v) is 16.0. The van der Waals surface area contributed by atoms with Crippen LogP contribution in [0.3, 0.4) is 0 Å². The first-order valence-electron chi connectivity index (χ1n) is 8.66. The van der Waals surface area contributed by atoms with Crippen LogP contribution in [0.5, 0.6) is 0 Å². The molecule has 4 aromatic rings. The number of aromatic nitrogens is 2. The van der Waals surface area contributed by atoms with Crippen LogP contribution in [0.15, 0.2) is 59.3 Å². The normalized spacial score (nSPS) is 12.3. The van der Waals surface area contributed by atoms with Crippen molar-refractivity contribution in [3.8, 4) is 0 Å². The smallest absolute Gasteiger partial charge is 0.288 e. The van der Waals surface area contributed by atoms with Gasteiger partial charge in [0.15, 0.2) is 5.76 Å². The van der Waals surface area contributed by atoms with Gasteiger partial charge in [-0.3, -0.25) is 4.79 Å². The molecule has 0 spiro atoms. The summed E-state index contributed by atoms with van der Waals surface area (Å²) in [5.41, 5.74) is 1.85. The van der Waals surface area contributed by atoms with E-state index in [-0.39, 0.29) is 11.6 Å². The van der Waals surface area contributed by atoms with Gasteiger partial charge in [-0.05, 0) is 42.8 Å². The molecule has 0 saturated heterocycles. The molecule has 0 saturated carbocycles. The van der Waals surface area contributed by atoms with Crippen molar-refractivity contribution < 1.29 is 13.6 Å². The second-order valence-electron chi connectivity index (χ2n) is 6.55. The number of halogens is 2. The maximum Gasteiger partial charge on any atom is 0.288 e. The maximum absolute atomic E-state index is 13.8. The Hall–Kier alpha value is -3.12. The highest BCUT2D eigenvalue weighted by Gasteiger charge is 2.25. The molecule has 142 valence electrons. The van der Waals surface area contributed by atoms with Crippen LogP contribution in [0.25, 0.3) is 11.0 Å². The number of furan rings is 1. The number of amides is 1. The van der Waals surface area contributed by atoms with Crippen molar-refractivity contribution in [2.75, 3.05) is 0 Å². The Morgan fingerprint density at radius 2 is 2.11 bits per heavy atom. The largest absolute Gasteiger partial charge is 0.451 e. The lowest BCUT2D eigenvalue weighted by atomic mass is 10.1. The van der Waals surface area contributed by atoms with E-state index < -0.39 is 11.9 Å². The number of hydrogen-bond acceptors (Lipinski definition) is 3. The Morgan fingerprint density at radius 3 is 2.82 bits per heavy atom. The van der Waals surface area contributed by atoms with Crippen molar-refractivity contribution in [1.29, 1.82) is 0 Å². The summed E-state index contributed by atoms with van der Waals surface area (Å²) >= 11 is 6.05. The minimum absolute atomic E-state index is 0.188. The highest BCUT2D eigenvalue weighted by atomic mass is 35.5. The standard InChI is InChI=1S/C21H17ClFN3O2/c1-12-16-11-14(22)6-7-17(16)28-19(12)21(27)25-18(20-24-8-9-26(20)2)13-4-3-5-15(23)10-13/h3-11,18H,1-2H3,(H,25,27). The molecule has 0 aliphatic carbocycles. The van der Waals surface area contributed by atoms with Crippen molar-refractivity contribution in [1.82, 2.24) is 14.9 Å². The van der Waals surface area contributed by atoms with Gasteiger partial charge in [0.05, 0.1) is 0 Å². The average Bonchev–Trinajstić information content (AvgIpc) is 3.23. The summed E-state index contributed by atoms with van der Waals surface area (Å²) in [7, 11) is 1.81. The third kappa shape index (κ3) is 3.27. The van der Waals surface area contributed by atoms with E-state index in [9.17, 15) is 9.18 Å². The first kappa shape index (κ1) is 18.3. The molecule has 5 nitrogen and oxygen atoms in total. The van der Waals surface area contributed by atoms with Crippen molar-refractivity contribution in [3.05, 3.63) is 88.4 Å². The topological polar surface area (TPSA) is 60.1 Å². The van der Waals surface area contributed by atoms with Gasteiger partial charge in [-0.1, -0.05) is 23.7 Å². The molecule has 0 aliphatic heterocycles. The van der Waals surface area contributed by atoms with Gasteiger partial charge in [0.1, 0.15) is 23.3 Å². The van der Waals surface area contributed by atoms with E-state index in [1.165, 1.54) is 12.1 Å². The van der Waals surface area contributed by atoms with Crippen LogP contribution in [0.4, 0.5) is 4.39 Å². The number of nitrogens with one attached hydrogen (secondary N) is 1. The van der Waals surface area contributed by atoms with E-state index in [0.29, 0.717) is 27.6 Å². The number of rotatable bonds is 4. The summed E-state index contributed by atoms with van der Waals surface area (Å²) < 4.78 is 21.3. The third-order valence-corrected chi connectivity index (χ3v) is 4.91. The summed E-state index contributed by atoms with van der Waals surface area (Å²) in [6.07, 6.45) is 3.39. The van der Waals surface area contributed by atoms with Gasteiger partial charge in [-0.15, -0.1) is 0 Å². The fourth-order valence-corrected chi connectivity index (χ4v) is 3.42. The molecule has 1 unspecified atom stereocenters. The third-order valence-electron chi connectivity index (χ3n) is 4.68. The number of benzene rings is 2. The first-order valence-corrected chi connectivity index (χ1v) is 9.04. The SMILES string of the molecule is Cc1c(C(=O)NC(c2cccc(F)c2)c2nccn2C)oc2ccc(Cl)cc12. The molecule has 1 N–H and O–H groups in total. The van der Waals surface area contributed by atoms with Crippen LogP contribution in [-0.4, -0.2) is 15.5 Å². The minimum atomic E-state index is -0.639. The molecule has 2 heterocycles. The number of nitrogens with zero attached hydrogens (tertiary/aromatic N) is 2. The van der Waals surface area contributed by atoms with Crippen molar-refractivity contribution >= 4 is 28.5 Å². The highest BCUT2D eigenvalue weighted by Crippen LogP contribution is 2.29. The highest BCUT2D eigenvalue weighted by molar-refractivity contribution is 6.31. The van der Waals surface area contributed by atoms with Gasteiger partial charge >= 0.3 is 0 Å². The molecule has 1 atom stereocenters. The van der Waals surface area contributed by atoms with Crippen LogP contribution in [-0.2, 0) is 7.05 Å². The zero-order valence-electron chi connectivity index (χ0n) is 15.2. The lowest BCUT2D eigenvalue weighted by Gasteiger charge is -2.19. The molecule has 7 heteroatoms. The van der Waals surface area contributed by atoms with Crippen molar-refractivity contribution in [3.63, 3.8) is 0 Å². The van der Waals surface area contributed by atoms with E-state index in [1.807, 2.05) is 7.05 Å². The molecule has 0 bridgehead atoms. The quantitative estimate of drug-likeness (QED) is 0.538. The van der Waals surface area contributed by atoms with E-state index in [2.05, 4.69) is 10.3 Å². The fourth-order valence-electron chi connectivity index (χ4n) is 3.24. The van der Waals surface area contributed by atoms with Crippen LogP contribution in [0.2, 0.25) is 5.02 Å². The molecule has 4 rings (SSSR count). The number of aryl methyl sites for hydroxylation is 2. The van der Waals surface area contributed by atoms with E-state index in [1.54, 1.807) is 54.2 Å². The van der Waals surface area contributed by atoms with Gasteiger partial charge in [-0.25, -0.2) is 9.37 Å². The van der Waals surface area contributed by atoms with Crippen LogP contribution in [0.1, 0.15) is 33.5 Å². The molecule has 1 amide bonds. The average molecular weight is 398 g/mol. The van der Waals surface area contributed by atoms with E-state index in [4.69, 9.17) is 16.0 Å². The second-order valence-corrected chi connectivity index (χ2v) is 6.99. The summed E-state index contributed by atoms with van der Waals surface area (Å²) in [6, 6.07) is 10.6. The molecule has 2 aromatic heterocycles. The summed E-state index contributed by atoms with van der Waals surface area (Å²) in [5.74, 6) is -0.0359. The Balaban J connectivity index is 1.74. The molecule has 0 radical (unpaired) electrons. The van der Waals surface area contributed by atoms with Gasteiger partial charge in [0.2, 0.25) is 0 Å². The zero-order chi connectivity index (χ0) is 19.8. The predicted molar refractivity (Wildman–Crippen MR) is 105 cm³/mol. The predicted octanol–water partition coefficient (Wildman–Crippen LogP) is 4.79. The number of fused-ring (bicyclic) bond motifs is 1. The molecular formula is C21H17ClFN3O2. The lowest BCUT2D eigenvalue weighted by Crippen LogP contribution is -2.31. The summed E-state index contributed by atoms with van der Waals surface area (Å²) in [4.78, 5) is 17.4. The number of carbonyl (C=O) groups excluding carboxylic acids is 1. The van der Waals surface area contributed by atoms with E-state index in [0.717, 1.165) is 5.39 Å². The van der Waals surface area contributed by atoms with Gasteiger partial charge in [0, 0.05) is 35.4 Å². The van der Waals surface area contributed by atoms with Crippen molar-refractivity contribution in [2.24, 2.45) is 7.05 Å². The molecule has 2 aromatic carbocycles. The number of carbonyl (C=O) groups is 1. The van der Waals surface area contributed by atoms with Crippen LogP contribution >= 0.6 is 11.6 Å². The lowest BCUT2D eigenvalue weighted by molar-refractivity contribution is 0.0914. The number of imidazole rings is 1. The van der Waals surface area contributed by atoms with Crippen LogP contribution in [0, 0.1) is 12.7 Å². The van der Waals surface area contributed by atoms with Gasteiger partial charge < -0.3 is 14.3 Å². The Morgan fingerprint density at radius 1 is 1.29 bits per heavy atom. The van der Waals surface area contributed by atoms with E-state index >= 15 is 0 Å². The molecule has 28 heavy (non-hydrogen) atoms. The van der Waals surface area contributed by atoms with Gasteiger partial charge in [-0.2, -0.15) is 0 Å². The Labute approximate surface area is 165 Å². The Kier molecular flexibility index (Phi) is 4.65. The minimum Gasteiger partial charge on any atom is -0.451 e. The second kappa shape index (κ2) is 7.13.